The summed E-state index contributed by atoms with van der Waals surface area (Å²) in [6, 6.07) is -0.108. The highest BCUT2D eigenvalue weighted by Gasteiger charge is 2.36. The minimum Gasteiger partial charge on any atom is -0.373 e. The first-order chi connectivity index (χ1) is 14.4. The first kappa shape index (κ1) is 21.0. The first-order valence-electron chi connectivity index (χ1n) is 11.0. The standard InChI is InChI=1S/C21H33N7O2/c1-14(2)18(28-10-15(3)30-16(4)11-28)21(29)27-7-5-6-26(8-9-27)20-17-19(23-12-22-17)24-13-25-20/h12-16,18H,5-11H2,1-4H3,(H,22,23,24,25). The fraction of sp³-hybridized carbons (Fsp3) is 0.714. The molecule has 2 fully saturated rings. The Labute approximate surface area is 177 Å². The Balaban J connectivity index is 1.47. The SMILES string of the molecule is CC1CN(C(C(=O)N2CCCN(c3ncnc4nc[nH]c34)CC2)C(C)C)CC(C)O1. The molecule has 30 heavy (non-hydrogen) atoms. The van der Waals surface area contributed by atoms with Crippen LogP contribution in [0.25, 0.3) is 11.2 Å². The van der Waals surface area contributed by atoms with E-state index in [2.05, 4.69) is 57.4 Å². The number of carbonyl (C=O) groups is 1. The zero-order chi connectivity index (χ0) is 21.3. The van der Waals surface area contributed by atoms with Crippen molar-refractivity contribution in [2.45, 2.75) is 52.4 Å². The lowest BCUT2D eigenvalue weighted by Crippen LogP contribution is -2.58. The number of hydrogen-bond acceptors (Lipinski definition) is 7. The van der Waals surface area contributed by atoms with Crippen LogP contribution in [-0.2, 0) is 9.53 Å². The van der Waals surface area contributed by atoms with Crippen molar-refractivity contribution in [2.75, 3.05) is 44.2 Å². The van der Waals surface area contributed by atoms with Crippen molar-refractivity contribution in [3.05, 3.63) is 12.7 Å². The van der Waals surface area contributed by atoms with Gasteiger partial charge >= 0.3 is 0 Å². The molecule has 164 valence electrons. The molecule has 0 spiro atoms. The molecule has 0 bridgehead atoms. The van der Waals surface area contributed by atoms with Crippen molar-refractivity contribution >= 4 is 22.9 Å². The van der Waals surface area contributed by atoms with E-state index >= 15 is 0 Å². The van der Waals surface area contributed by atoms with Crippen LogP contribution in [0, 0.1) is 5.92 Å². The molecule has 9 heteroatoms. The maximum atomic E-state index is 13.6. The summed E-state index contributed by atoms with van der Waals surface area (Å²) in [4.78, 5) is 36.3. The van der Waals surface area contributed by atoms with E-state index in [9.17, 15) is 4.79 Å². The Hall–Kier alpha value is -2.26. The van der Waals surface area contributed by atoms with Crippen LogP contribution in [0.1, 0.15) is 34.1 Å². The average Bonchev–Trinajstić information content (AvgIpc) is 3.03. The number of H-pyrrole nitrogens is 1. The van der Waals surface area contributed by atoms with Gasteiger partial charge in [-0.1, -0.05) is 13.8 Å². The van der Waals surface area contributed by atoms with Gasteiger partial charge in [0.2, 0.25) is 5.91 Å². The third kappa shape index (κ3) is 4.27. The van der Waals surface area contributed by atoms with Gasteiger partial charge in [-0.25, -0.2) is 15.0 Å². The molecule has 3 atom stereocenters. The molecule has 2 aliphatic heterocycles. The van der Waals surface area contributed by atoms with Gasteiger partial charge in [-0.2, -0.15) is 0 Å². The zero-order valence-corrected chi connectivity index (χ0v) is 18.4. The molecule has 0 aromatic carbocycles. The molecule has 0 aliphatic carbocycles. The average molecular weight is 416 g/mol. The smallest absolute Gasteiger partial charge is 0.240 e. The Morgan fingerprint density at radius 3 is 2.60 bits per heavy atom. The molecule has 0 saturated carbocycles. The number of fused-ring (bicyclic) bond motifs is 1. The lowest BCUT2D eigenvalue weighted by molar-refractivity contribution is -0.145. The number of imidazole rings is 1. The van der Waals surface area contributed by atoms with Crippen LogP contribution in [0.2, 0.25) is 0 Å². The van der Waals surface area contributed by atoms with E-state index in [0.29, 0.717) is 12.2 Å². The van der Waals surface area contributed by atoms with Crippen molar-refractivity contribution < 1.29 is 9.53 Å². The van der Waals surface area contributed by atoms with E-state index in [-0.39, 0.29) is 30.1 Å². The van der Waals surface area contributed by atoms with Crippen LogP contribution >= 0.6 is 0 Å². The zero-order valence-electron chi connectivity index (χ0n) is 18.4. The minimum absolute atomic E-state index is 0.108. The molecule has 2 aromatic rings. The number of nitrogens with one attached hydrogen (secondary N) is 1. The van der Waals surface area contributed by atoms with Crippen LogP contribution in [0.4, 0.5) is 5.82 Å². The van der Waals surface area contributed by atoms with Crippen molar-refractivity contribution in [3.63, 3.8) is 0 Å². The lowest BCUT2D eigenvalue weighted by atomic mass is 9.99. The van der Waals surface area contributed by atoms with Crippen molar-refractivity contribution in [3.8, 4) is 0 Å². The number of ether oxygens (including phenoxy) is 1. The number of hydrogen-bond donors (Lipinski definition) is 1. The van der Waals surface area contributed by atoms with E-state index in [1.807, 2.05) is 4.90 Å². The monoisotopic (exact) mass is 415 g/mol. The molecule has 1 N–H and O–H groups in total. The van der Waals surface area contributed by atoms with Gasteiger partial charge in [0.25, 0.3) is 0 Å². The lowest BCUT2D eigenvalue weighted by Gasteiger charge is -2.42. The quantitative estimate of drug-likeness (QED) is 0.810. The highest BCUT2D eigenvalue weighted by atomic mass is 16.5. The fourth-order valence-electron chi connectivity index (χ4n) is 4.84. The Morgan fingerprint density at radius 2 is 1.87 bits per heavy atom. The van der Waals surface area contributed by atoms with Gasteiger partial charge in [-0.3, -0.25) is 9.69 Å². The van der Waals surface area contributed by atoms with Gasteiger partial charge < -0.3 is 19.5 Å². The minimum atomic E-state index is -0.108. The second-order valence-electron chi connectivity index (χ2n) is 8.86. The maximum absolute atomic E-state index is 13.6. The maximum Gasteiger partial charge on any atom is 0.240 e. The number of aromatic amines is 1. The van der Waals surface area contributed by atoms with E-state index in [4.69, 9.17) is 4.74 Å². The summed E-state index contributed by atoms with van der Waals surface area (Å²) >= 11 is 0. The number of carbonyl (C=O) groups excluding carboxylic acids is 1. The van der Waals surface area contributed by atoms with E-state index < -0.39 is 0 Å². The predicted molar refractivity (Wildman–Crippen MR) is 115 cm³/mol. The summed E-state index contributed by atoms with van der Waals surface area (Å²) in [7, 11) is 0. The fourth-order valence-corrected chi connectivity index (χ4v) is 4.84. The van der Waals surface area contributed by atoms with Crippen molar-refractivity contribution in [2.24, 2.45) is 5.92 Å². The number of morpholine rings is 1. The molecule has 3 unspecified atom stereocenters. The molecule has 2 saturated heterocycles. The summed E-state index contributed by atoms with van der Waals surface area (Å²) in [5, 5.41) is 0. The number of aromatic nitrogens is 4. The molecule has 4 heterocycles. The van der Waals surface area contributed by atoms with Crippen LogP contribution in [0.5, 0.6) is 0 Å². The molecular formula is C21H33N7O2. The third-order valence-corrected chi connectivity index (χ3v) is 6.04. The normalized spacial score (nSPS) is 25.0. The Bertz CT molecular complexity index is 860. The summed E-state index contributed by atoms with van der Waals surface area (Å²) in [6.45, 7) is 13.1. The summed E-state index contributed by atoms with van der Waals surface area (Å²) in [5.74, 6) is 1.35. The van der Waals surface area contributed by atoms with Gasteiger partial charge in [0.05, 0.1) is 24.6 Å². The summed E-state index contributed by atoms with van der Waals surface area (Å²) in [6.07, 6.45) is 4.41. The third-order valence-electron chi connectivity index (χ3n) is 6.04. The van der Waals surface area contributed by atoms with Crippen LogP contribution in [0.3, 0.4) is 0 Å². The molecule has 4 rings (SSSR count). The molecule has 2 aliphatic rings. The van der Waals surface area contributed by atoms with Gasteiger partial charge in [-0.15, -0.1) is 0 Å². The van der Waals surface area contributed by atoms with E-state index in [1.165, 1.54) is 0 Å². The molecule has 9 nitrogen and oxygen atoms in total. The van der Waals surface area contributed by atoms with E-state index in [0.717, 1.165) is 50.5 Å². The van der Waals surface area contributed by atoms with Crippen LogP contribution in [0.15, 0.2) is 12.7 Å². The van der Waals surface area contributed by atoms with Crippen molar-refractivity contribution in [1.29, 1.82) is 0 Å². The number of anilines is 1. The van der Waals surface area contributed by atoms with Gasteiger partial charge in [0.15, 0.2) is 11.5 Å². The first-order valence-corrected chi connectivity index (χ1v) is 11.0. The second kappa shape index (κ2) is 8.85. The summed E-state index contributed by atoms with van der Waals surface area (Å²) < 4.78 is 5.89. The van der Waals surface area contributed by atoms with Gasteiger partial charge in [0.1, 0.15) is 11.8 Å². The van der Waals surface area contributed by atoms with Gasteiger partial charge in [-0.05, 0) is 26.2 Å². The van der Waals surface area contributed by atoms with Crippen LogP contribution in [-0.4, -0.2) is 93.2 Å². The molecular weight excluding hydrogens is 382 g/mol. The number of amides is 1. The Morgan fingerprint density at radius 1 is 1.10 bits per heavy atom. The second-order valence-corrected chi connectivity index (χ2v) is 8.86. The molecule has 0 radical (unpaired) electrons. The summed E-state index contributed by atoms with van der Waals surface area (Å²) in [5.41, 5.74) is 1.53. The van der Waals surface area contributed by atoms with E-state index in [1.54, 1.807) is 12.7 Å². The highest BCUT2D eigenvalue weighted by molar-refractivity contribution is 5.84. The predicted octanol–water partition coefficient (Wildman–Crippen LogP) is 1.53. The molecule has 1 amide bonds. The highest BCUT2D eigenvalue weighted by Crippen LogP contribution is 2.23. The number of rotatable bonds is 4. The Kier molecular flexibility index (Phi) is 6.19. The van der Waals surface area contributed by atoms with Crippen LogP contribution < -0.4 is 4.90 Å². The van der Waals surface area contributed by atoms with Crippen molar-refractivity contribution in [1.82, 2.24) is 29.7 Å². The van der Waals surface area contributed by atoms with Gasteiger partial charge in [0, 0.05) is 39.3 Å². The molecule has 2 aromatic heterocycles. The topological polar surface area (TPSA) is 90.5 Å². The largest absolute Gasteiger partial charge is 0.373 e. The number of nitrogens with zero attached hydrogens (tertiary/aromatic N) is 6.